The minimum atomic E-state index is 0.102. The zero-order valence-electron chi connectivity index (χ0n) is 28.3. The average molecular weight is 617 g/mol. The highest BCUT2D eigenvalue weighted by Gasteiger charge is 2.18. The summed E-state index contributed by atoms with van der Waals surface area (Å²) >= 11 is 0. The fraction of sp³-hybridized carbons (Fsp3) is 0.182. The molecule has 0 amide bonds. The van der Waals surface area contributed by atoms with E-state index in [1.807, 2.05) is 36.4 Å². The van der Waals surface area contributed by atoms with Crippen LogP contribution in [0.1, 0.15) is 52.7 Å². The van der Waals surface area contributed by atoms with E-state index in [9.17, 15) is 0 Å². The lowest BCUT2D eigenvalue weighted by Gasteiger charge is -2.27. The van der Waals surface area contributed by atoms with Crippen LogP contribution in [0, 0.1) is 0 Å². The average Bonchev–Trinajstić information content (AvgIpc) is 3.07. The molecule has 6 rings (SSSR count). The molecule has 0 aromatic heterocycles. The summed E-state index contributed by atoms with van der Waals surface area (Å²) in [6.45, 7) is 13.5. The van der Waals surface area contributed by atoms with E-state index in [0.29, 0.717) is 0 Å². The van der Waals surface area contributed by atoms with Gasteiger partial charge in [-0.05, 0) is 119 Å². The normalized spacial score (nSPS) is 11.6. The molecule has 0 bridgehead atoms. The number of anilines is 6. The molecule has 0 atom stereocenters. The van der Waals surface area contributed by atoms with Crippen LogP contribution in [0.15, 0.2) is 158 Å². The first-order chi connectivity index (χ1) is 22.6. The minimum Gasteiger partial charge on any atom is -0.457 e. The van der Waals surface area contributed by atoms with Crippen molar-refractivity contribution in [1.29, 1.82) is 0 Å². The minimum absolute atomic E-state index is 0.102. The Hall–Kier alpha value is -5.28. The van der Waals surface area contributed by atoms with E-state index in [-0.39, 0.29) is 10.8 Å². The van der Waals surface area contributed by atoms with Gasteiger partial charge >= 0.3 is 0 Å². The van der Waals surface area contributed by atoms with Crippen molar-refractivity contribution >= 4 is 34.1 Å². The molecule has 0 saturated carbocycles. The molecule has 0 heterocycles. The van der Waals surface area contributed by atoms with Crippen molar-refractivity contribution in [3.63, 3.8) is 0 Å². The van der Waals surface area contributed by atoms with E-state index in [1.54, 1.807) is 0 Å². The van der Waals surface area contributed by atoms with E-state index in [0.717, 1.165) is 45.6 Å². The topological polar surface area (TPSA) is 15.7 Å². The number of ether oxygens (including phenoxy) is 1. The molecule has 0 aliphatic carbocycles. The van der Waals surface area contributed by atoms with Gasteiger partial charge in [0, 0.05) is 34.1 Å². The van der Waals surface area contributed by atoms with Gasteiger partial charge in [0.15, 0.2) is 0 Å². The molecule has 0 aliphatic rings. The summed E-state index contributed by atoms with van der Waals surface area (Å²) in [5.41, 5.74) is 9.41. The molecule has 0 aliphatic heterocycles. The molecule has 0 unspecified atom stereocenters. The SMILES string of the molecule is CC(C)(C)c1ccc(N(c2ccccc2)c2ccc(Oc3ccc(N(c4ccccc4)c4ccc(C(C)(C)C)cc4)cc3)cc2)cc1. The summed E-state index contributed by atoms with van der Waals surface area (Å²) in [6.07, 6.45) is 0. The van der Waals surface area contributed by atoms with E-state index in [4.69, 9.17) is 4.74 Å². The van der Waals surface area contributed by atoms with Crippen LogP contribution in [0.2, 0.25) is 0 Å². The molecule has 0 radical (unpaired) electrons. The Morgan fingerprint density at radius 1 is 0.319 bits per heavy atom. The third kappa shape index (κ3) is 7.42. The third-order valence-corrected chi connectivity index (χ3v) is 8.44. The smallest absolute Gasteiger partial charge is 0.127 e. The number of rotatable bonds is 8. The summed E-state index contributed by atoms with van der Waals surface area (Å²) in [4.78, 5) is 4.55. The highest BCUT2D eigenvalue weighted by molar-refractivity contribution is 5.78. The summed E-state index contributed by atoms with van der Waals surface area (Å²) in [6, 6.07) is 55.3. The van der Waals surface area contributed by atoms with E-state index < -0.39 is 0 Å². The number of nitrogens with zero attached hydrogens (tertiary/aromatic N) is 2. The summed E-state index contributed by atoms with van der Waals surface area (Å²) < 4.78 is 6.34. The van der Waals surface area contributed by atoms with Crippen molar-refractivity contribution in [3.05, 3.63) is 169 Å². The summed E-state index contributed by atoms with van der Waals surface area (Å²) in [7, 11) is 0. The number of para-hydroxylation sites is 2. The van der Waals surface area contributed by atoms with Crippen LogP contribution in [0.3, 0.4) is 0 Å². The van der Waals surface area contributed by atoms with Gasteiger partial charge < -0.3 is 14.5 Å². The third-order valence-electron chi connectivity index (χ3n) is 8.44. The molecule has 0 N–H and O–H groups in total. The molecular weight excluding hydrogens is 572 g/mol. The largest absolute Gasteiger partial charge is 0.457 e. The van der Waals surface area contributed by atoms with Crippen LogP contribution in [0.5, 0.6) is 11.5 Å². The van der Waals surface area contributed by atoms with Gasteiger partial charge in [-0.15, -0.1) is 0 Å². The Kier molecular flexibility index (Phi) is 8.91. The van der Waals surface area contributed by atoms with Crippen LogP contribution < -0.4 is 14.5 Å². The molecule has 6 aromatic rings. The van der Waals surface area contributed by atoms with Crippen molar-refractivity contribution < 1.29 is 4.74 Å². The van der Waals surface area contributed by atoms with Crippen LogP contribution in [0.4, 0.5) is 34.1 Å². The number of hydrogen-bond donors (Lipinski definition) is 0. The Morgan fingerprint density at radius 3 is 0.851 bits per heavy atom. The quantitative estimate of drug-likeness (QED) is 0.169. The highest BCUT2D eigenvalue weighted by atomic mass is 16.5. The van der Waals surface area contributed by atoms with Crippen LogP contribution in [-0.2, 0) is 10.8 Å². The zero-order chi connectivity index (χ0) is 33.0. The van der Waals surface area contributed by atoms with Crippen LogP contribution in [0.25, 0.3) is 0 Å². The fourth-order valence-electron chi connectivity index (χ4n) is 5.73. The van der Waals surface area contributed by atoms with Gasteiger partial charge in [0.25, 0.3) is 0 Å². The van der Waals surface area contributed by atoms with Gasteiger partial charge in [0.1, 0.15) is 11.5 Å². The van der Waals surface area contributed by atoms with Gasteiger partial charge in [-0.3, -0.25) is 0 Å². The van der Waals surface area contributed by atoms with Crippen LogP contribution in [-0.4, -0.2) is 0 Å². The first-order valence-corrected chi connectivity index (χ1v) is 16.4. The molecule has 0 saturated heterocycles. The van der Waals surface area contributed by atoms with Crippen molar-refractivity contribution in [2.45, 2.75) is 52.4 Å². The predicted octanol–water partition coefficient (Wildman–Crippen LogP) is 13.0. The highest BCUT2D eigenvalue weighted by Crippen LogP contribution is 2.39. The van der Waals surface area contributed by atoms with Gasteiger partial charge in [-0.25, -0.2) is 0 Å². The second-order valence-corrected chi connectivity index (χ2v) is 14.0. The van der Waals surface area contributed by atoms with E-state index in [1.165, 1.54) is 11.1 Å². The standard InChI is InChI=1S/C44H44N2O/c1-43(2,3)33-17-21-37(22-18-33)45(35-13-9-7-10-14-35)39-25-29-41(30-26-39)47-42-31-27-40(28-32-42)46(36-15-11-8-12-16-36)38-23-19-34(20-24-38)44(4,5)6/h7-32H,1-6H3. The Labute approximate surface area is 280 Å². The fourth-order valence-corrected chi connectivity index (χ4v) is 5.73. The Morgan fingerprint density at radius 2 is 0.574 bits per heavy atom. The van der Waals surface area contributed by atoms with Gasteiger partial charge in [0.2, 0.25) is 0 Å². The van der Waals surface area contributed by atoms with E-state index in [2.05, 4.69) is 173 Å². The maximum atomic E-state index is 6.34. The Bertz CT molecular complexity index is 1720. The lowest BCUT2D eigenvalue weighted by molar-refractivity contribution is 0.483. The molecule has 47 heavy (non-hydrogen) atoms. The molecular formula is C44H44N2O. The van der Waals surface area contributed by atoms with Gasteiger partial charge in [0.05, 0.1) is 0 Å². The number of hydrogen-bond acceptors (Lipinski definition) is 3. The molecule has 3 heteroatoms. The summed E-state index contributed by atoms with van der Waals surface area (Å²) in [5, 5.41) is 0. The second-order valence-electron chi connectivity index (χ2n) is 14.0. The lowest BCUT2D eigenvalue weighted by atomic mass is 9.87. The van der Waals surface area contributed by atoms with Crippen molar-refractivity contribution in [2.75, 3.05) is 9.80 Å². The lowest BCUT2D eigenvalue weighted by Crippen LogP contribution is -2.13. The van der Waals surface area contributed by atoms with Crippen molar-refractivity contribution in [1.82, 2.24) is 0 Å². The van der Waals surface area contributed by atoms with Gasteiger partial charge in [-0.1, -0.05) is 102 Å². The molecule has 0 fully saturated rings. The first kappa shape index (κ1) is 31.7. The molecule has 0 spiro atoms. The first-order valence-electron chi connectivity index (χ1n) is 16.4. The molecule has 6 aromatic carbocycles. The van der Waals surface area contributed by atoms with Crippen molar-refractivity contribution in [3.8, 4) is 11.5 Å². The maximum absolute atomic E-state index is 6.34. The molecule has 236 valence electrons. The van der Waals surface area contributed by atoms with Gasteiger partial charge in [-0.2, -0.15) is 0 Å². The van der Waals surface area contributed by atoms with E-state index >= 15 is 0 Å². The maximum Gasteiger partial charge on any atom is 0.127 e. The molecule has 3 nitrogen and oxygen atoms in total. The van der Waals surface area contributed by atoms with Crippen molar-refractivity contribution in [2.24, 2.45) is 0 Å². The Balaban J connectivity index is 1.24. The monoisotopic (exact) mass is 616 g/mol. The number of benzene rings is 6. The van der Waals surface area contributed by atoms with Crippen LogP contribution >= 0.6 is 0 Å². The predicted molar refractivity (Wildman–Crippen MR) is 200 cm³/mol. The summed E-state index contributed by atoms with van der Waals surface area (Å²) in [5.74, 6) is 1.57. The zero-order valence-corrected chi connectivity index (χ0v) is 28.3. The second kappa shape index (κ2) is 13.2.